The molecule has 1 nitrogen and oxygen atoms in total. The summed E-state index contributed by atoms with van der Waals surface area (Å²) in [6.07, 6.45) is 0.698. The van der Waals surface area contributed by atoms with Gasteiger partial charge in [0, 0.05) is 10.9 Å². The summed E-state index contributed by atoms with van der Waals surface area (Å²) in [7, 11) is 0. The minimum absolute atomic E-state index is 0.0591. The van der Waals surface area contributed by atoms with E-state index in [0.717, 1.165) is 10.6 Å². The van der Waals surface area contributed by atoms with E-state index in [9.17, 15) is 4.79 Å². The zero-order valence-corrected chi connectivity index (χ0v) is 12.1. The van der Waals surface area contributed by atoms with Gasteiger partial charge in [-0.15, -0.1) is 0 Å². The lowest BCUT2D eigenvalue weighted by Crippen LogP contribution is -2.22. The van der Waals surface area contributed by atoms with Crippen LogP contribution in [0.15, 0.2) is 18.2 Å². The van der Waals surface area contributed by atoms with E-state index >= 15 is 0 Å². The predicted octanol–water partition coefficient (Wildman–Crippen LogP) is 4.18. The molecule has 16 heavy (non-hydrogen) atoms. The standard InChI is InChI=1S/C13H16BrClO/c1-8(2)13(16)12(14)7-10-6-11(15)5-4-9(10)3/h4-6,8,12H,7H2,1-3H3. The van der Waals surface area contributed by atoms with Gasteiger partial charge in [0.1, 0.15) is 5.78 Å². The van der Waals surface area contributed by atoms with E-state index in [2.05, 4.69) is 15.9 Å². The van der Waals surface area contributed by atoms with E-state index in [-0.39, 0.29) is 16.5 Å². The quantitative estimate of drug-likeness (QED) is 0.763. The van der Waals surface area contributed by atoms with Crippen LogP contribution in [0.2, 0.25) is 5.02 Å². The molecular weight excluding hydrogens is 287 g/mol. The summed E-state index contributed by atoms with van der Waals surface area (Å²) in [5.74, 6) is 0.295. The van der Waals surface area contributed by atoms with Crippen LogP contribution in [-0.2, 0) is 11.2 Å². The van der Waals surface area contributed by atoms with Crippen molar-refractivity contribution in [3.05, 3.63) is 34.3 Å². The van der Waals surface area contributed by atoms with Crippen molar-refractivity contribution in [1.82, 2.24) is 0 Å². The van der Waals surface area contributed by atoms with Crippen molar-refractivity contribution in [3.8, 4) is 0 Å². The largest absolute Gasteiger partial charge is 0.298 e. The first-order chi connectivity index (χ1) is 7.41. The Balaban J connectivity index is 2.80. The van der Waals surface area contributed by atoms with Crippen LogP contribution in [-0.4, -0.2) is 10.6 Å². The molecule has 0 saturated carbocycles. The number of carbonyl (C=O) groups excluding carboxylic acids is 1. The van der Waals surface area contributed by atoms with Crippen LogP contribution in [0, 0.1) is 12.8 Å². The van der Waals surface area contributed by atoms with Crippen molar-refractivity contribution in [3.63, 3.8) is 0 Å². The maximum absolute atomic E-state index is 11.8. The molecule has 0 saturated heterocycles. The molecule has 0 heterocycles. The van der Waals surface area contributed by atoms with E-state index in [1.54, 1.807) is 0 Å². The monoisotopic (exact) mass is 302 g/mol. The molecule has 0 amide bonds. The fourth-order valence-corrected chi connectivity index (χ4v) is 2.59. The molecule has 0 aliphatic carbocycles. The molecule has 0 aliphatic heterocycles. The highest BCUT2D eigenvalue weighted by atomic mass is 79.9. The molecule has 1 aromatic carbocycles. The Morgan fingerprint density at radius 1 is 1.44 bits per heavy atom. The smallest absolute Gasteiger partial charge is 0.149 e. The van der Waals surface area contributed by atoms with Gasteiger partial charge in [-0.2, -0.15) is 0 Å². The predicted molar refractivity (Wildman–Crippen MR) is 72.5 cm³/mol. The minimum Gasteiger partial charge on any atom is -0.298 e. The van der Waals surface area contributed by atoms with Crippen LogP contribution >= 0.6 is 27.5 Å². The zero-order chi connectivity index (χ0) is 12.3. The van der Waals surface area contributed by atoms with Gasteiger partial charge < -0.3 is 0 Å². The number of benzene rings is 1. The second-order valence-corrected chi connectivity index (χ2v) is 5.84. The molecule has 3 heteroatoms. The molecule has 0 spiro atoms. The molecule has 88 valence electrons. The van der Waals surface area contributed by atoms with Gasteiger partial charge in [0.25, 0.3) is 0 Å². The fourth-order valence-electron chi connectivity index (χ4n) is 1.52. The number of hydrogen-bond acceptors (Lipinski definition) is 1. The van der Waals surface area contributed by atoms with Gasteiger partial charge in [0.05, 0.1) is 4.83 Å². The van der Waals surface area contributed by atoms with Crippen molar-refractivity contribution < 1.29 is 4.79 Å². The summed E-state index contributed by atoms with van der Waals surface area (Å²) in [5.41, 5.74) is 2.30. The first kappa shape index (κ1) is 13.7. The van der Waals surface area contributed by atoms with E-state index in [4.69, 9.17) is 11.6 Å². The van der Waals surface area contributed by atoms with E-state index < -0.39 is 0 Å². The van der Waals surface area contributed by atoms with Crippen LogP contribution in [0.5, 0.6) is 0 Å². The zero-order valence-electron chi connectivity index (χ0n) is 9.76. The van der Waals surface area contributed by atoms with E-state index in [1.807, 2.05) is 39.0 Å². The van der Waals surface area contributed by atoms with Crippen LogP contribution in [0.3, 0.4) is 0 Å². The van der Waals surface area contributed by atoms with Gasteiger partial charge in [-0.05, 0) is 36.6 Å². The van der Waals surface area contributed by atoms with Gasteiger partial charge in [-0.25, -0.2) is 0 Å². The van der Waals surface area contributed by atoms with E-state index in [1.165, 1.54) is 5.56 Å². The molecular formula is C13H16BrClO. The maximum atomic E-state index is 11.8. The topological polar surface area (TPSA) is 17.1 Å². The first-order valence-corrected chi connectivity index (χ1v) is 6.64. The first-order valence-electron chi connectivity index (χ1n) is 5.34. The van der Waals surface area contributed by atoms with Gasteiger partial charge >= 0.3 is 0 Å². The second kappa shape index (κ2) is 5.83. The Bertz CT molecular complexity index is 388. The number of Topliss-reactive ketones (excluding diaryl/α,β-unsaturated/α-hetero) is 1. The van der Waals surface area contributed by atoms with Crippen molar-refractivity contribution in [2.24, 2.45) is 5.92 Å². The lowest BCUT2D eigenvalue weighted by Gasteiger charge is -2.13. The Hall–Kier alpha value is -0.340. The number of ketones is 1. The summed E-state index contributed by atoms with van der Waals surface area (Å²) >= 11 is 9.39. The summed E-state index contributed by atoms with van der Waals surface area (Å²) in [6, 6.07) is 5.78. The summed E-state index contributed by atoms with van der Waals surface area (Å²) in [5, 5.41) is 0.720. The van der Waals surface area contributed by atoms with Crippen LogP contribution in [0.1, 0.15) is 25.0 Å². The highest BCUT2D eigenvalue weighted by molar-refractivity contribution is 9.10. The Morgan fingerprint density at radius 2 is 2.06 bits per heavy atom. The average Bonchev–Trinajstić information content (AvgIpc) is 2.22. The van der Waals surface area contributed by atoms with Crippen LogP contribution in [0.4, 0.5) is 0 Å². The number of hydrogen-bond donors (Lipinski definition) is 0. The third kappa shape index (κ3) is 3.60. The van der Waals surface area contributed by atoms with Gasteiger partial charge in [-0.3, -0.25) is 4.79 Å². The number of carbonyl (C=O) groups is 1. The molecule has 1 unspecified atom stereocenters. The van der Waals surface area contributed by atoms with Crippen molar-refractivity contribution in [2.45, 2.75) is 32.0 Å². The number of rotatable bonds is 4. The highest BCUT2D eigenvalue weighted by Crippen LogP contribution is 2.20. The molecule has 0 radical (unpaired) electrons. The van der Waals surface area contributed by atoms with Gasteiger partial charge in [0.2, 0.25) is 0 Å². The van der Waals surface area contributed by atoms with Crippen molar-refractivity contribution in [2.75, 3.05) is 0 Å². The normalized spacial score (nSPS) is 12.9. The molecule has 1 atom stereocenters. The Morgan fingerprint density at radius 3 is 2.62 bits per heavy atom. The number of alkyl halides is 1. The average molecular weight is 304 g/mol. The van der Waals surface area contributed by atoms with Crippen molar-refractivity contribution >= 4 is 33.3 Å². The van der Waals surface area contributed by atoms with Crippen LogP contribution < -0.4 is 0 Å². The third-order valence-corrected chi connectivity index (χ3v) is 3.60. The molecule has 0 aromatic heterocycles. The molecule has 0 aliphatic rings. The molecule has 1 aromatic rings. The molecule has 1 rings (SSSR count). The lowest BCUT2D eigenvalue weighted by atomic mass is 9.98. The molecule has 0 bridgehead atoms. The Kier molecular flexibility index (Phi) is 5.00. The summed E-state index contributed by atoms with van der Waals surface area (Å²) in [4.78, 5) is 11.6. The number of aryl methyl sites for hydroxylation is 1. The summed E-state index contributed by atoms with van der Waals surface area (Å²) in [6.45, 7) is 5.87. The number of halogens is 2. The fraction of sp³-hybridized carbons (Fsp3) is 0.462. The lowest BCUT2D eigenvalue weighted by molar-refractivity contribution is -0.121. The van der Waals surface area contributed by atoms with Gasteiger partial charge in [0.15, 0.2) is 0 Å². The highest BCUT2D eigenvalue weighted by Gasteiger charge is 2.19. The molecule has 0 N–H and O–H groups in total. The van der Waals surface area contributed by atoms with Gasteiger partial charge in [-0.1, -0.05) is 47.4 Å². The second-order valence-electron chi connectivity index (χ2n) is 4.30. The van der Waals surface area contributed by atoms with Crippen molar-refractivity contribution in [1.29, 1.82) is 0 Å². The molecule has 0 fully saturated rings. The van der Waals surface area contributed by atoms with Crippen LogP contribution in [0.25, 0.3) is 0 Å². The Labute approximate surface area is 110 Å². The third-order valence-electron chi connectivity index (χ3n) is 2.59. The summed E-state index contributed by atoms with van der Waals surface area (Å²) < 4.78 is 0. The van der Waals surface area contributed by atoms with E-state index in [0.29, 0.717) is 6.42 Å². The SMILES string of the molecule is Cc1ccc(Cl)cc1CC(Br)C(=O)C(C)C. The maximum Gasteiger partial charge on any atom is 0.149 e. The minimum atomic E-state index is -0.121.